The SMILES string of the molecule is O=C(CSc1ccc2c(c1)CCC2)NC1CC1. The van der Waals surface area contributed by atoms with Crippen LogP contribution in [0.2, 0.25) is 0 Å². The van der Waals surface area contributed by atoms with E-state index in [1.54, 1.807) is 11.8 Å². The van der Waals surface area contributed by atoms with Crippen molar-refractivity contribution in [1.29, 1.82) is 0 Å². The van der Waals surface area contributed by atoms with Gasteiger partial charge in [-0.1, -0.05) is 6.07 Å². The van der Waals surface area contributed by atoms with Crippen LogP contribution in [0.4, 0.5) is 0 Å². The number of carbonyl (C=O) groups is 1. The van der Waals surface area contributed by atoms with E-state index in [1.807, 2.05) is 0 Å². The Morgan fingerprint density at radius 2 is 2.12 bits per heavy atom. The minimum absolute atomic E-state index is 0.179. The summed E-state index contributed by atoms with van der Waals surface area (Å²) in [7, 11) is 0. The summed E-state index contributed by atoms with van der Waals surface area (Å²) in [5.74, 6) is 0.730. The number of thioether (sulfide) groups is 1. The average molecular weight is 247 g/mol. The Morgan fingerprint density at radius 3 is 2.94 bits per heavy atom. The molecule has 0 atom stereocenters. The highest BCUT2D eigenvalue weighted by Gasteiger charge is 2.23. The largest absolute Gasteiger partial charge is 0.353 e. The summed E-state index contributed by atoms with van der Waals surface area (Å²) in [5.41, 5.74) is 2.98. The zero-order valence-electron chi connectivity index (χ0n) is 9.87. The van der Waals surface area contributed by atoms with Crippen molar-refractivity contribution in [3.63, 3.8) is 0 Å². The van der Waals surface area contributed by atoms with Gasteiger partial charge in [-0.15, -0.1) is 11.8 Å². The van der Waals surface area contributed by atoms with Crippen molar-refractivity contribution in [2.45, 2.75) is 43.0 Å². The van der Waals surface area contributed by atoms with Crippen LogP contribution < -0.4 is 5.32 Å². The smallest absolute Gasteiger partial charge is 0.230 e. The van der Waals surface area contributed by atoms with Crippen molar-refractivity contribution in [3.8, 4) is 0 Å². The Labute approximate surface area is 106 Å². The molecule has 17 heavy (non-hydrogen) atoms. The summed E-state index contributed by atoms with van der Waals surface area (Å²) in [6.07, 6.45) is 6.04. The van der Waals surface area contributed by atoms with Gasteiger partial charge in [-0.2, -0.15) is 0 Å². The van der Waals surface area contributed by atoms with E-state index < -0.39 is 0 Å². The zero-order chi connectivity index (χ0) is 11.7. The van der Waals surface area contributed by atoms with E-state index in [-0.39, 0.29) is 5.91 Å². The first-order valence-corrected chi connectivity index (χ1v) is 7.34. The van der Waals surface area contributed by atoms with E-state index in [4.69, 9.17) is 0 Å². The highest BCUT2D eigenvalue weighted by Crippen LogP contribution is 2.27. The van der Waals surface area contributed by atoms with Crippen LogP contribution in [-0.4, -0.2) is 17.7 Å². The molecule has 0 bridgehead atoms. The second-order valence-corrected chi connectivity index (χ2v) is 5.96. The fraction of sp³-hybridized carbons (Fsp3) is 0.500. The lowest BCUT2D eigenvalue weighted by atomic mass is 10.1. The van der Waals surface area contributed by atoms with Crippen molar-refractivity contribution in [2.24, 2.45) is 0 Å². The van der Waals surface area contributed by atoms with Gasteiger partial charge < -0.3 is 5.32 Å². The number of rotatable bonds is 4. The number of aryl methyl sites for hydroxylation is 2. The van der Waals surface area contributed by atoms with Crippen molar-refractivity contribution in [3.05, 3.63) is 29.3 Å². The number of hydrogen-bond donors (Lipinski definition) is 1. The maximum absolute atomic E-state index is 11.6. The lowest BCUT2D eigenvalue weighted by Crippen LogP contribution is -2.26. The summed E-state index contributed by atoms with van der Waals surface area (Å²) in [5, 5.41) is 3.02. The molecule has 3 heteroatoms. The zero-order valence-corrected chi connectivity index (χ0v) is 10.7. The third kappa shape index (κ3) is 2.83. The van der Waals surface area contributed by atoms with Crippen LogP contribution in [0.5, 0.6) is 0 Å². The molecule has 0 spiro atoms. The van der Waals surface area contributed by atoms with Gasteiger partial charge in [-0.3, -0.25) is 4.79 Å². The Morgan fingerprint density at radius 1 is 1.29 bits per heavy atom. The Bertz CT molecular complexity index is 440. The number of amides is 1. The molecule has 1 N–H and O–H groups in total. The number of hydrogen-bond acceptors (Lipinski definition) is 2. The molecule has 0 unspecified atom stereocenters. The van der Waals surface area contributed by atoms with Crippen molar-refractivity contribution in [1.82, 2.24) is 5.32 Å². The number of benzene rings is 1. The molecular formula is C14H17NOS. The molecule has 2 aliphatic rings. The second-order valence-electron chi connectivity index (χ2n) is 4.91. The van der Waals surface area contributed by atoms with Gasteiger partial charge >= 0.3 is 0 Å². The van der Waals surface area contributed by atoms with Gasteiger partial charge in [0.05, 0.1) is 5.75 Å². The monoisotopic (exact) mass is 247 g/mol. The third-order valence-corrected chi connectivity index (χ3v) is 4.38. The van der Waals surface area contributed by atoms with Gasteiger partial charge in [0.1, 0.15) is 0 Å². The second kappa shape index (κ2) is 4.73. The molecule has 0 aromatic heterocycles. The summed E-state index contributed by atoms with van der Waals surface area (Å²) < 4.78 is 0. The predicted octanol–water partition coefficient (Wildman–Crippen LogP) is 2.55. The summed E-state index contributed by atoms with van der Waals surface area (Å²) >= 11 is 1.65. The van der Waals surface area contributed by atoms with Crippen LogP contribution in [0.1, 0.15) is 30.4 Å². The molecule has 1 aromatic rings. The fourth-order valence-corrected chi connectivity index (χ4v) is 3.05. The molecule has 1 aromatic carbocycles. The molecule has 1 saturated carbocycles. The van der Waals surface area contributed by atoms with Crippen molar-refractivity contribution >= 4 is 17.7 Å². The Balaban J connectivity index is 1.55. The minimum Gasteiger partial charge on any atom is -0.353 e. The maximum Gasteiger partial charge on any atom is 0.230 e. The molecule has 90 valence electrons. The molecule has 0 saturated heterocycles. The van der Waals surface area contributed by atoms with Gasteiger partial charge in [0.25, 0.3) is 0 Å². The van der Waals surface area contributed by atoms with Crippen LogP contribution in [0, 0.1) is 0 Å². The minimum atomic E-state index is 0.179. The van der Waals surface area contributed by atoms with E-state index >= 15 is 0 Å². The number of carbonyl (C=O) groups excluding carboxylic acids is 1. The van der Waals surface area contributed by atoms with Crippen LogP contribution in [0.25, 0.3) is 0 Å². The normalized spacial score (nSPS) is 17.9. The first kappa shape index (κ1) is 11.1. The molecular weight excluding hydrogens is 230 g/mol. The number of nitrogens with one attached hydrogen (secondary N) is 1. The molecule has 0 radical (unpaired) electrons. The first-order chi connectivity index (χ1) is 8.31. The molecule has 3 rings (SSSR count). The van der Waals surface area contributed by atoms with Gasteiger partial charge in [0.2, 0.25) is 5.91 Å². The van der Waals surface area contributed by atoms with Gasteiger partial charge in [-0.25, -0.2) is 0 Å². The molecule has 1 fully saturated rings. The molecule has 2 aliphatic carbocycles. The summed E-state index contributed by atoms with van der Waals surface area (Å²) in [4.78, 5) is 12.8. The molecule has 1 amide bonds. The van der Waals surface area contributed by atoms with Crippen LogP contribution in [0.3, 0.4) is 0 Å². The van der Waals surface area contributed by atoms with E-state index in [2.05, 4.69) is 23.5 Å². The number of fused-ring (bicyclic) bond motifs is 1. The van der Waals surface area contributed by atoms with Crippen LogP contribution in [-0.2, 0) is 17.6 Å². The quantitative estimate of drug-likeness (QED) is 0.828. The van der Waals surface area contributed by atoms with Gasteiger partial charge in [0.15, 0.2) is 0 Å². The van der Waals surface area contributed by atoms with E-state index in [0.29, 0.717) is 11.8 Å². The highest BCUT2D eigenvalue weighted by molar-refractivity contribution is 8.00. The van der Waals surface area contributed by atoms with Crippen molar-refractivity contribution in [2.75, 3.05) is 5.75 Å². The lowest BCUT2D eigenvalue weighted by Gasteiger charge is -2.05. The van der Waals surface area contributed by atoms with Crippen LogP contribution >= 0.6 is 11.8 Å². The standard InChI is InChI=1S/C14H17NOS/c16-14(15-12-5-6-12)9-17-13-7-4-10-2-1-3-11(10)8-13/h4,7-8,12H,1-3,5-6,9H2,(H,15,16). The summed E-state index contributed by atoms with van der Waals surface area (Å²) in [6.45, 7) is 0. The van der Waals surface area contributed by atoms with E-state index in [9.17, 15) is 4.79 Å². The fourth-order valence-electron chi connectivity index (χ4n) is 2.28. The summed E-state index contributed by atoms with van der Waals surface area (Å²) in [6, 6.07) is 7.11. The lowest BCUT2D eigenvalue weighted by molar-refractivity contribution is -0.118. The molecule has 2 nitrogen and oxygen atoms in total. The van der Waals surface area contributed by atoms with E-state index in [1.165, 1.54) is 35.3 Å². The van der Waals surface area contributed by atoms with Crippen LogP contribution in [0.15, 0.2) is 23.1 Å². The predicted molar refractivity (Wildman–Crippen MR) is 70.4 cm³/mol. The first-order valence-electron chi connectivity index (χ1n) is 6.35. The molecule has 0 heterocycles. The topological polar surface area (TPSA) is 29.1 Å². The van der Waals surface area contributed by atoms with Gasteiger partial charge in [0, 0.05) is 10.9 Å². The van der Waals surface area contributed by atoms with Crippen molar-refractivity contribution < 1.29 is 4.79 Å². The average Bonchev–Trinajstić information content (AvgIpc) is 3.01. The third-order valence-electron chi connectivity index (χ3n) is 3.38. The van der Waals surface area contributed by atoms with E-state index in [0.717, 1.165) is 12.8 Å². The Hall–Kier alpha value is -0.960. The maximum atomic E-state index is 11.6. The highest BCUT2D eigenvalue weighted by atomic mass is 32.2. The molecule has 0 aliphatic heterocycles. The Kier molecular flexibility index (Phi) is 3.10. The van der Waals surface area contributed by atoms with Gasteiger partial charge in [-0.05, 0) is 55.4 Å².